The molecular formula is C17H20N8O3S. The number of hydrogen-bond acceptors (Lipinski definition) is 9. The molecule has 0 unspecified atom stereocenters. The fraction of sp³-hybridized carbons (Fsp3) is 0.235. The highest BCUT2D eigenvalue weighted by atomic mass is 32.2. The van der Waals surface area contributed by atoms with E-state index in [1.54, 1.807) is 17.8 Å². The molecule has 0 aliphatic rings. The Morgan fingerprint density at radius 3 is 2.66 bits per heavy atom. The number of carbonyl (C=O) groups excluding carboxylic acids is 1. The largest absolute Gasteiger partial charge is 0.354 e. The minimum atomic E-state index is -3.66. The highest BCUT2D eigenvalue weighted by Crippen LogP contribution is 2.26. The molecule has 0 bridgehead atoms. The first-order chi connectivity index (χ1) is 14.8. The number of pyridine rings is 1. The quantitative estimate of drug-likeness (QED) is 0.536. The lowest BCUT2D eigenvalue weighted by molar-refractivity contribution is 0.0958. The number of amides is 1. The van der Waals surface area contributed by atoms with Gasteiger partial charge in [-0.05, 0) is 19.1 Å². The van der Waals surface area contributed by atoms with Crippen LogP contribution in [0.25, 0.3) is 0 Å². The van der Waals surface area contributed by atoms with E-state index in [-0.39, 0.29) is 27.9 Å². The maximum atomic E-state index is 12.5. The second kappa shape index (κ2) is 7.83. The van der Waals surface area contributed by atoms with E-state index >= 15 is 0 Å². The molecule has 0 aliphatic carbocycles. The van der Waals surface area contributed by atoms with E-state index < -0.39 is 22.7 Å². The SMILES string of the molecule is [2H]C([2H])([2H])NC(=O)c1nnc(Nc2cc(C)n(C)n2)cc1Nc1ncccc1S(C)(=O)=O. The Hall–Kier alpha value is -3.54. The van der Waals surface area contributed by atoms with Gasteiger partial charge in [0.15, 0.2) is 27.2 Å². The van der Waals surface area contributed by atoms with Crippen LogP contribution in [0.2, 0.25) is 0 Å². The third-order valence-electron chi connectivity index (χ3n) is 3.92. The number of hydrogen-bond donors (Lipinski definition) is 3. The maximum absolute atomic E-state index is 12.5. The van der Waals surface area contributed by atoms with Crippen molar-refractivity contribution in [2.45, 2.75) is 11.8 Å². The fourth-order valence-corrected chi connectivity index (χ4v) is 3.22. The lowest BCUT2D eigenvalue weighted by Crippen LogP contribution is -2.22. The fourth-order valence-electron chi connectivity index (χ4n) is 2.44. The van der Waals surface area contributed by atoms with E-state index in [1.807, 2.05) is 12.2 Å². The molecule has 0 atom stereocenters. The standard InChI is InChI=1S/C17H20N8O3S/c1-10-8-14(24-25(10)3)21-13-9-11(15(23-22-13)17(26)18-2)20-16-12(29(4,27)28)6-5-7-19-16/h5-9H,1-4H3,(H,18,26)(H2,19,20,21,22,24)/i2D3. The van der Waals surface area contributed by atoms with Crippen LogP contribution in [0, 0.1) is 6.92 Å². The van der Waals surface area contributed by atoms with E-state index in [0.29, 0.717) is 5.82 Å². The van der Waals surface area contributed by atoms with Crippen molar-refractivity contribution in [3.05, 3.63) is 41.9 Å². The number of anilines is 4. The van der Waals surface area contributed by atoms with Gasteiger partial charge in [-0.1, -0.05) is 0 Å². The van der Waals surface area contributed by atoms with Crippen molar-refractivity contribution in [2.75, 3.05) is 23.9 Å². The Morgan fingerprint density at radius 1 is 1.21 bits per heavy atom. The van der Waals surface area contributed by atoms with Gasteiger partial charge in [-0.15, -0.1) is 10.2 Å². The smallest absolute Gasteiger partial charge is 0.273 e. The van der Waals surface area contributed by atoms with Gasteiger partial charge >= 0.3 is 0 Å². The van der Waals surface area contributed by atoms with Crippen molar-refractivity contribution >= 4 is 38.9 Å². The molecule has 0 fully saturated rings. The average Bonchev–Trinajstić information content (AvgIpc) is 2.97. The van der Waals surface area contributed by atoms with Gasteiger partial charge in [0.05, 0.1) is 5.69 Å². The molecule has 3 aromatic heterocycles. The summed E-state index contributed by atoms with van der Waals surface area (Å²) in [6.07, 6.45) is 2.38. The van der Waals surface area contributed by atoms with Crippen LogP contribution in [0.4, 0.5) is 23.1 Å². The van der Waals surface area contributed by atoms with Crippen LogP contribution in [0.1, 0.15) is 20.3 Å². The van der Waals surface area contributed by atoms with Crippen molar-refractivity contribution < 1.29 is 17.3 Å². The lowest BCUT2D eigenvalue weighted by Gasteiger charge is -2.13. The summed E-state index contributed by atoms with van der Waals surface area (Å²) in [6.45, 7) is -0.908. The second-order valence-corrected chi connectivity index (χ2v) is 8.10. The second-order valence-electron chi connectivity index (χ2n) is 6.11. The van der Waals surface area contributed by atoms with Crippen LogP contribution >= 0.6 is 0 Å². The van der Waals surface area contributed by atoms with Crippen molar-refractivity contribution in [1.82, 2.24) is 30.3 Å². The Labute approximate surface area is 171 Å². The van der Waals surface area contributed by atoms with E-state index in [0.717, 1.165) is 11.9 Å². The normalized spacial score (nSPS) is 13.1. The maximum Gasteiger partial charge on any atom is 0.273 e. The minimum absolute atomic E-state index is 0.0134. The van der Waals surface area contributed by atoms with Gasteiger partial charge in [-0.2, -0.15) is 5.10 Å². The summed E-state index contributed by atoms with van der Waals surface area (Å²) in [6, 6.07) is 5.92. The summed E-state index contributed by atoms with van der Waals surface area (Å²) >= 11 is 0. The predicted octanol–water partition coefficient (Wildman–Crippen LogP) is 1.16. The van der Waals surface area contributed by atoms with Gasteiger partial charge in [0.25, 0.3) is 5.91 Å². The molecular weight excluding hydrogens is 396 g/mol. The van der Waals surface area contributed by atoms with Crippen molar-refractivity contribution in [3.63, 3.8) is 0 Å². The number of aromatic nitrogens is 5. The van der Waals surface area contributed by atoms with Gasteiger partial charge in [-0.3, -0.25) is 9.48 Å². The number of rotatable bonds is 6. The topological polar surface area (TPSA) is 144 Å². The number of sulfone groups is 1. The minimum Gasteiger partial charge on any atom is -0.354 e. The zero-order valence-corrected chi connectivity index (χ0v) is 16.6. The first kappa shape index (κ1) is 16.4. The van der Waals surface area contributed by atoms with Crippen LogP contribution in [0.3, 0.4) is 0 Å². The molecule has 3 rings (SSSR count). The van der Waals surface area contributed by atoms with E-state index in [2.05, 4.69) is 30.9 Å². The first-order valence-corrected chi connectivity index (χ1v) is 10.1. The molecule has 0 radical (unpaired) electrons. The monoisotopic (exact) mass is 419 g/mol. The Bertz CT molecular complexity index is 1250. The molecule has 1 amide bonds. The van der Waals surface area contributed by atoms with E-state index in [9.17, 15) is 13.2 Å². The summed E-state index contributed by atoms with van der Waals surface area (Å²) in [5.41, 5.74) is 0.494. The molecule has 0 saturated heterocycles. The Kier molecular flexibility index (Phi) is 4.43. The molecule has 152 valence electrons. The van der Waals surface area contributed by atoms with Crippen molar-refractivity contribution in [3.8, 4) is 0 Å². The Balaban J connectivity index is 2.04. The molecule has 12 heteroatoms. The predicted molar refractivity (Wildman–Crippen MR) is 107 cm³/mol. The van der Waals surface area contributed by atoms with Gasteiger partial charge in [0.2, 0.25) is 0 Å². The molecule has 0 saturated carbocycles. The zero-order valence-electron chi connectivity index (χ0n) is 18.8. The van der Waals surface area contributed by atoms with E-state index in [1.165, 1.54) is 24.4 Å². The van der Waals surface area contributed by atoms with Gasteiger partial charge in [-0.25, -0.2) is 13.4 Å². The zero-order chi connectivity index (χ0) is 23.7. The van der Waals surface area contributed by atoms with Crippen LogP contribution < -0.4 is 16.0 Å². The van der Waals surface area contributed by atoms with Gasteiger partial charge < -0.3 is 16.0 Å². The van der Waals surface area contributed by atoms with Crippen molar-refractivity contribution in [1.29, 1.82) is 0 Å². The summed E-state index contributed by atoms with van der Waals surface area (Å²) in [5, 5.41) is 19.5. The third kappa shape index (κ3) is 4.48. The molecule has 3 N–H and O–H groups in total. The lowest BCUT2D eigenvalue weighted by atomic mass is 10.3. The number of aryl methyl sites for hydroxylation is 2. The van der Waals surface area contributed by atoms with Crippen LogP contribution in [0.15, 0.2) is 35.4 Å². The van der Waals surface area contributed by atoms with Gasteiger partial charge in [0.1, 0.15) is 10.7 Å². The van der Waals surface area contributed by atoms with Crippen LogP contribution in [0.5, 0.6) is 0 Å². The van der Waals surface area contributed by atoms with E-state index in [4.69, 9.17) is 4.11 Å². The number of carbonyl (C=O) groups is 1. The third-order valence-corrected chi connectivity index (χ3v) is 5.04. The van der Waals surface area contributed by atoms with Crippen LogP contribution in [-0.2, 0) is 16.9 Å². The Morgan fingerprint density at radius 2 is 2.00 bits per heavy atom. The summed E-state index contributed by atoms with van der Waals surface area (Å²) in [4.78, 5) is 16.4. The molecule has 3 aromatic rings. The highest BCUT2D eigenvalue weighted by Gasteiger charge is 2.19. The number of nitrogens with one attached hydrogen (secondary N) is 3. The van der Waals surface area contributed by atoms with Crippen molar-refractivity contribution in [2.24, 2.45) is 7.05 Å². The summed E-state index contributed by atoms with van der Waals surface area (Å²) in [7, 11) is -1.90. The first-order valence-electron chi connectivity index (χ1n) is 9.73. The highest BCUT2D eigenvalue weighted by molar-refractivity contribution is 7.90. The molecule has 11 nitrogen and oxygen atoms in total. The molecule has 0 aromatic carbocycles. The molecule has 0 aliphatic heterocycles. The number of nitrogens with zero attached hydrogens (tertiary/aromatic N) is 5. The molecule has 0 spiro atoms. The summed E-state index contributed by atoms with van der Waals surface area (Å²) < 4.78 is 47.6. The average molecular weight is 419 g/mol. The molecule has 29 heavy (non-hydrogen) atoms. The summed E-state index contributed by atoms with van der Waals surface area (Å²) in [5.74, 6) is -0.463. The van der Waals surface area contributed by atoms with Crippen LogP contribution in [-0.4, -0.2) is 52.5 Å². The molecule has 3 heterocycles. The van der Waals surface area contributed by atoms with Gasteiger partial charge in [0, 0.05) is 48.4 Å².